The van der Waals surface area contributed by atoms with Crippen LogP contribution in [0.4, 0.5) is 0 Å². The largest absolute Gasteiger partial charge is 0.465 e. The minimum Gasteiger partial charge on any atom is -0.465 e. The molecule has 16 atom stereocenters. The SMILES string of the molecule is CC.CC.CC.CC.CC.O=C1OCC2C3CCC(O3)C12.O=C1OCC2CC3CC1C2O3.O=S1(=O)CCCO1.O=S1(=O)OC2CC3CC1C2O3.O=S1(=O)OC2CC3CC2C1C3. The molecule has 0 N–H and O–H groups in total. The van der Waals surface area contributed by atoms with E-state index in [-0.39, 0.29) is 76.7 Å². The molecule has 13 fully saturated rings. The molecule has 13 aliphatic rings. The molecule has 61 heavy (non-hydrogen) atoms. The van der Waals surface area contributed by atoms with Gasteiger partial charge < -0.3 is 23.7 Å². The van der Waals surface area contributed by atoms with E-state index in [0.29, 0.717) is 68.5 Å². The first-order valence-electron chi connectivity index (χ1n) is 23.3. The van der Waals surface area contributed by atoms with Crippen LogP contribution in [-0.4, -0.2) is 122 Å². The van der Waals surface area contributed by atoms with Crippen LogP contribution in [0, 0.1) is 35.5 Å². The van der Waals surface area contributed by atoms with Gasteiger partial charge in [-0.3, -0.25) is 22.1 Å². The Hall–Kier alpha value is -1.45. The Morgan fingerprint density at radius 3 is 1.62 bits per heavy atom. The zero-order valence-electron chi connectivity index (χ0n) is 37.9. The highest BCUT2D eigenvalue weighted by Crippen LogP contribution is 2.54. The van der Waals surface area contributed by atoms with E-state index in [9.17, 15) is 34.8 Å². The summed E-state index contributed by atoms with van der Waals surface area (Å²) in [5, 5.41) is -0.488. The van der Waals surface area contributed by atoms with Crippen molar-refractivity contribution in [2.24, 2.45) is 35.5 Å². The number of fused-ring (bicyclic) bond motifs is 8. The summed E-state index contributed by atoms with van der Waals surface area (Å²) in [5.74, 6) is 2.21. The van der Waals surface area contributed by atoms with E-state index >= 15 is 0 Å². The van der Waals surface area contributed by atoms with Crippen LogP contribution in [0.2, 0.25) is 0 Å². The standard InChI is InChI=1S/2C8H10O3.C7H10O3S.C6H8O4S.C3H6O3S.5C2H6/c9-8-6-2-5-1-4(3-10-8)7(6)11-5;9-8-7-4(3-10-8)5-1-2-6(7)11-5;8-11(9)7-3-4-1-5(7)6(2-4)10-11;7-11(8)5-2-3-1-4(10-11)6(5)9-3;4-7(5)3-1-2-6-7;5*1-2/h3*4-7H,1-3H2;3-6H,1-2H2;1-3H2;5*1-2H3. The summed E-state index contributed by atoms with van der Waals surface area (Å²) in [5.41, 5.74) is 0. The van der Waals surface area contributed by atoms with Crippen LogP contribution in [0.1, 0.15) is 133 Å². The molecule has 0 spiro atoms. The van der Waals surface area contributed by atoms with Gasteiger partial charge in [-0.2, -0.15) is 25.3 Å². The maximum Gasteiger partial charge on any atom is 0.312 e. The van der Waals surface area contributed by atoms with Gasteiger partial charge in [-0.05, 0) is 63.7 Å². The summed E-state index contributed by atoms with van der Waals surface area (Å²) in [6.07, 6.45) is 10.2. The van der Waals surface area contributed by atoms with Gasteiger partial charge >= 0.3 is 11.9 Å². The van der Waals surface area contributed by atoms with Crippen molar-refractivity contribution in [1.29, 1.82) is 0 Å². The summed E-state index contributed by atoms with van der Waals surface area (Å²) >= 11 is 0. The van der Waals surface area contributed by atoms with Crippen molar-refractivity contribution in [1.82, 2.24) is 0 Å². The molecule has 19 heteroatoms. The maximum absolute atomic E-state index is 11.3. The molecule has 16 nitrogen and oxygen atoms in total. The van der Waals surface area contributed by atoms with E-state index in [0.717, 1.165) is 51.4 Å². The van der Waals surface area contributed by atoms with E-state index in [1.807, 2.05) is 69.2 Å². The molecule has 0 radical (unpaired) electrons. The van der Waals surface area contributed by atoms with Crippen molar-refractivity contribution in [3.63, 3.8) is 0 Å². The van der Waals surface area contributed by atoms with Crippen molar-refractivity contribution in [2.75, 3.05) is 25.6 Å². The molecule has 0 aromatic rings. The zero-order chi connectivity index (χ0) is 45.4. The second-order valence-corrected chi connectivity index (χ2v) is 21.3. The van der Waals surface area contributed by atoms with E-state index in [2.05, 4.69) is 4.18 Å². The fourth-order valence-electron chi connectivity index (χ4n) is 10.8. The van der Waals surface area contributed by atoms with Gasteiger partial charge in [0.05, 0.1) is 79.3 Å². The second kappa shape index (κ2) is 22.6. The number of ether oxygens (including phenoxy) is 5. The third kappa shape index (κ3) is 11.3. The second-order valence-electron chi connectivity index (χ2n) is 16.0. The van der Waals surface area contributed by atoms with Gasteiger partial charge in [-0.25, -0.2) is 0 Å². The third-order valence-electron chi connectivity index (χ3n) is 13.0. The van der Waals surface area contributed by atoms with Crippen molar-refractivity contribution < 1.29 is 71.1 Å². The topological polar surface area (TPSA) is 210 Å². The van der Waals surface area contributed by atoms with Crippen molar-refractivity contribution in [3.8, 4) is 0 Å². The Morgan fingerprint density at radius 2 is 1.13 bits per heavy atom. The summed E-state index contributed by atoms with van der Waals surface area (Å²) in [7, 11) is -9.43. The zero-order valence-corrected chi connectivity index (χ0v) is 40.3. The van der Waals surface area contributed by atoms with Crippen LogP contribution in [0.5, 0.6) is 0 Å². The Balaban J connectivity index is 0.000000161. The van der Waals surface area contributed by atoms with Crippen LogP contribution < -0.4 is 0 Å². The first kappa shape index (κ1) is 52.2. The van der Waals surface area contributed by atoms with Gasteiger partial charge in [0.25, 0.3) is 30.4 Å². The van der Waals surface area contributed by atoms with Crippen LogP contribution in [0.25, 0.3) is 0 Å². The van der Waals surface area contributed by atoms with Crippen molar-refractivity contribution >= 4 is 42.3 Å². The molecule has 0 aromatic heterocycles. The smallest absolute Gasteiger partial charge is 0.312 e. The number of esters is 2. The average molecular weight is 931 g/mol. The molecule has 16 unspecified atom stereocenters. The van der Waals surface area contributed by atoms with Gasteiger partial charge in [-0.1, -0.05) is 69.2 Å². The van der Waals surface area contributed by atoms with Crippen molar-refractivity contribution in [2.45, 2.75) is 193 Å². The quantitative estimate of drug-likeness (QED) is 0.211. The molecular weight excluding hydrogens is 857 g/mol. The fraction of sp³-hybridized carbons (Fsp3) is 0.952. The number of rotatable bonds is 0. The lowest BCUT2D eigenvalue weighted by Gasteiger charge is -2.30. The molecule has 13 rings (SSSR count). The highest BCUT2D eigenvalue weighted by molar-refractivity contribution is 7.88. The number of carbonyl (C=O) groups excluding carboxylic acids is 2. The Morgan fingerprint density at radius 1 is 0.525 bits per heavy atom. The molecule has 0 aromatic carbocycles. The number of cyclic esters (lactones) is 2. The summed E-state index contributed by atoms with van der Waals surface area (Å²) in [4.78, 5) is 22.3. The summed E-state index contributed by atoms with van der Waals surface area (Å²) in [6, 6.07) is 0. The van der Waals surface area contributed by atoms with Gasteiger partial charge in [0.1, 0.15) is 17.5 Å². The van der Waals surface area contributed by atoms with Crippen molar-refractivity contribution in [3.05, 3.63) is 0 Å². The molecular formula is C42H74O16S3. The predicted octanol–water partition coefficient (Wildman–Crippen LogP) is 5.70. The predicted molar refractivity (Wildman–Crippen MR) is 227 cm³/mol. The van der Waals surface area contributed by atoms with E-state index in [1.54, 1.807) is 0 Å². The van der Waals surface area contributed by atoms with Gasteiger partial charge in [-0.15, -0.1) is 0 Å². The molecule has 11 heterocycles. The summed E-state index contributed by atoms with van der Waals surface area (Å²) in [6.45, 7) is 21.6. The molecule has 0 amide bonds. The third-order valence-corrected chi connectivity index (χ3v) is 17.8. The first-order valence-corrected chi connectivity index (χ1v) is 27.8. The number of hydrogen-bond acceptors (Lipinski definition) is 16. The Kier molecular flexibility index (Phi) is 19.4. The van der Waals surface area contributed by atoms with E-state index in [1.165, 1.54) is 0 Å². The molecule has 2 saturated carbocycles. The first-order chi connectivity index (χ1) is 29.2. The van der Waals surface area contributed by atoms with Crippen LogP contribution in [0.3, 0.4) is 0 Å². The molecule has 8 bridgehead atoms. The lowest BCUT2D eigenvalue weighted by molar-refractivity contribution is -0.160. The maximum atomic E-state index is 11.3. The number of carbonyl (C=O) groups is 2. The highest BCUT2D eigenvalue weighted by Gasteiger charge is 2.61. The van der Waals surface area contributed by atoms with Gasteiger partial charge in [0.15, 0.2) is 0 Å². The van der Waals surface area contributed by atoms with Crippen LogP contribution in [-0.2, 0) is 76.2 Å². The molecule has 356 valence electrons. The molecule has 2 aliphatic carbocycles. The minimum absolute atomic E-state index is 0.0257. The average Bonchev–Trinajstić information content (AvgIpc) is 4.11. The van der Waals surface area contributed by atoms with E-state index < -0.39 is 30.4 Å². The molecule has 11 saturated heterocycles. The Bertz CT molecular complexity index is 1680. The molecule has 11 aliphatic heterocycles. The fourth-order valence-corrected chi connectivity index (χ4v) is 15.4. The van der Waals surface area contributed by atoms with Gasteiger partial charge in [0.2, 0.25) is 0 Å². The minimum atomic E-state index is -3.26. The highest BCUT2D eigenvalue weighted by atomic mass is 32.2. The van der Waals surface area contributed by atoms with Gasteiger partial charge in [0, 0.05) is 24.2 Å². The summed E-state index contributed by atoms with van der Waals surface area (Å²) < 4.78 is 106. The number of hydrogen-bond donors (Lipinski definition) is 0. The lowest BCUT2D eigenvalue weighted by Crippen LogP contribution is -2.41. The lowest BCUT2D eigenvalue weighted by atomic mass is 9.80. The van der Waals surface area contributed by atoms with Crippen LogP contribution >= 0.6 is 0 Å². The van der Waals surface area contributed by atoms with E-state index in [4.69, 9.17) is 32.1 Å². The Labute approximate surface area is 365 Å². The monoisotopic (exact) mass is 930 g/mol. The van der Waals surface area contributed by atoms with Crippen LogP contribution in [0.15, 0.2) is 0 Å². The normalized spacial score (nSPS) is 43.4.